The molecular weight excluding hydrogens is 448 g/mol. The molecule has 0 spiro atoms. The molecule has 0 aliphatic carbocycles. The lowest BCUT2D eigenvalue weighted by atomic mass is 10.0. The van der Waals surface area contributed by atoms with E-state index in [9.17, 15) is 14.4 Å². The largest absolute Gasteiger partial charge is 0.445 e. The predicted molar refractivity (Wildman–Crippen MR) is 131 cm³/mol. The topological polar surface area (TPSA) is 101 Å². The van der Waals surface area contributed by atoms with Crippen LogP contribution in [0.25, 0.3) is 5.57 Å². The minimum Gasteiger partial charge on any atom is -0.445 e. The average molecular weight is 481 g/mol. The summed E-state index contributed by atoms with van der Waals surface area (Å²) < 4.78 is 10.7. The van der Waals surface area contributed by atoms with Gasteiger partial charge in [-0.3, -0.25) is 15.2 Å². The number of carbonyl (C=O) groups is 3. The lowest BCUT2D eigenvalue weighted by Gasteiger charge is -2.26. The second-order valence-corrected chi connectivity index (χ2v) is 9.06. The molecule has 0 atom stereocenters. The Labute approximate surface area is 205 Å². The maximum atomic E-state index is 12.6. The number of hydrogen-bond acceptors (Lipinski definition) is 6. The molecule has 0 unspecified atom stereocenters. The zero-order chi connectivity index (χ0) is 25.4. The van der Waals surface area contributed by atoms with Gasteiger partial charge in [-0.05, 0) is 56.9 Å². The van der Waals surface area contributed by atoms with Crippen LogP contribution in [0.2, 0.25) is 0 Å². The third-order valence-corrected chi connectivity index (χ3v) is 5.21. The number of pyridine rings is 1. The van der Waals surface area contributed by atoms with Gasteiger partial charge in [-0.25, -0.2) is 14.6 Å². The normalized spacial score (nSPS) is 13.5. The van der Waals surface area contributed by atoms with Crippen molar-refractivity contribution in [2.45, 2.75) is 46.3 Å². The van der Waals surface area contributed by atoms with Gasteiger partial charge in [-0.15, -0.1) is 0 Å². The van der Waals surface area contributed by atoms with Crippen molar-refractivity contribution in [3.8, 4) is 0 Å². The molecule has 1 aromatic carbocycles. The Morgan fingerprint density at radius 1 is 1.11 bits per heavy atom. The molecule has 35 heavy (non-hydrogen) atoms. The Morgan fingerprint density at radius 3 is 2.43 bits per heavy atom. The summed E-state index contributed by atoms with van der Waals surface area (Å²) in [6.45, 7) is 8.46. The van der Waals surface area contributed by atoms with Crippen molar-refractivity contribution < 1.29 is 23.9 Å². The molecule has 0 saturated carbocycles. The van der Waals surface area contributed by atoms with Gasteiger partial charge in [0.1, 0.15) is 17.9 Å². The van der Waals surface area contributed by atoms with E-state index >= 15 is 0 Å². The van der Waals surface area contributed by atoms with Crippen LogP contribution in [-0.4, -0.2) is 58.2 Å². The molecule has 9 heteroatoms. The van der Waals surface area contributed by atoms with Gasteiger partial charge in [0.25, 0.3) is 5.91 Å². The van der Waals surface area contributed by atoms with E-state index < -0.39 is 17.6 Å². The second kappa shape index (κ2) is 11.5. The number of carbonyl (C=O) groups excluding carboxylic acids is 3. The summed E-state index contributed by atoms with van der Waals surface area (Å²) in [7, 11) is 0. The quantitative estimate of drug-likeness (QED) is 0.636. The van der Waals surface area contributed by atoms with Crippen molar-refractivity contribution in [1.29, 1.82) is 0 Å². The fourth-order valence-electron chi connectivity index (χ4n) is 3.38. The number of amides is 3. The van der Waals surface area contributed by atoms with E-state index in [-0.39, 0.29) is 24.9 Å². The lowest BCUT2D eigenvalue weighted by Crippen LogP contribution is -2.48. The summed E-state index contributed by atoms with van der Waals surface area (Å²) in [5, 5.41) is 1.11. The fourth-order valence-corrected chi connectivity index (χ4v) is 3.38. The Bertz CT molecular complexity index is 1060. The smallest absolute Gasteiger partial charge is 0.429 e. The van der Waals surface area contributed by atoms with E-state index in [4.69, 9.17) is 9.47 Å². The van der Waals surface area contributed by atoms with Crippen molar-refractivity contribution in [3.05, 3.63) is 71.6 Å². The van der Waals surface area contributed by atoms with Crippen LogP contribution in [0.3, 0.4) is 0 Å². The summed E-state index contributed by atoms with van der Waals surface area (Å²) in [4.78, 5) is 43.0. The molecule has 1 aliphatic heterocycles. The number of hydrogen-bond donors (Lipinski definition) is 1. The molecule has 3 rings (SSSR count). The van der Waals surface area contributed by atoms with E-state index in [2.05, 4.69) is 10.4 Å². The van der Waals surface area contributed by atoms with Gasteiger partial charge in [0.05, 0.1) is 0 Å². The second-order valence-electron chi connectivity index (χ2n) is 9.06. The molecule has 1 N–H and O–H groups in total. The summed E-state index contributed by atoms with van der Waals surface area (Å²) in [5.41, 5.74) is 4.90. The van der Waals surface area contributed by atoms with Crippen LogP contribution >= 0.6 is 0 Å². The molecule has 2 aromatic rings. The Hall–Kier alpha value is -3.88. The van der Waals surface area contributed by atoms with Crippen molar-refractivity contribution in [2.24, 2.45) is 0 Å². The van der Waals surface area contributed by atoms with E-state index in [0.29, 0.717) is 19.5 Å². The van der Waals surface area contributed by atoms with Crippen LogP contribution in [0.5, 0.6) is 0 Å². The molecule has 9 nitrogen and oxygen atoms in total. The van der Waals surface area contributed by atoms with Crippen LogP contribution in [0.1, 0.15) is 55.7 Å². The van der Waals surface area contributed by atoms with Gasteiger partial charge in [-0.1, -0.05) is 42.5 Å². The zero-order valence-electron chi connectivity index (χ0n) is 20.6. The minimum absolute atomic E-state index is 0.179. The summed E-state index contributed by atoms with van der Waals surface area (Å²) in [5.74, 6) is -0.505. The van der Waals surface area contributed by atoms with Gasteiger partial charge < -0.3 is 14.4 Å². The highest BCUT2D eigenvalue weighted by molar-refractivity contribution is 5.93. The van der Waals surface area contributed by atoms with Gasteiger partial charge in [0.15, 0.2) is 0 Å². The van der Waals surface area contributed by atoms with Crippen LogP contribution in [0.15, 0.2) is 54.7 Å². The first-order valence-corrected chi connectivity index (χ1v) is 11.6. The van der Waals surface area contributed by atoms with Gasteiger partial charge in [0.2, 0.25) is 0 Å². The van der Waals surface area contributed by atoms with Gasteiger partial charge >= 0.3 is 12.2 Å². The van der Waals surface area contributed by atoms with E-state index in [1.807, 2.05) is 36.4 Å². The first kappa shape index (κ1) is 25.7. The molecule has 0 saturated heterocycles. The number of ether oxygens (including phenoxy) is 2. The monoisotopic (exact) mass is 480 g/mol. The first-order chi connectivity index (χ1) is 16.7. The minimum atomic E-state index is -0.670. The van der Waals surface area contributed by atoms with Crippen molar-refractivity contribution >= 4 is 23.7 Å². The number of benzene rings is 1. The molecule has 2 heterocycles. The maximum Gasteiger partial charge on any atom is 0.429 e. The predicted octanol–water partition coefficient (Wildman–Crippen LogP) is 4.41. The van der Waals surface area contributed by atoms with Crippen LogP contribution in [0.4, 0.5) is 9.59 Å². The Balaban J connectivity index is 1.53. The van der Waals surface area contributed by atoms with Crippen molar-refractivity contribution in [2.75, 3.05) is 19.6 Å². The Morgan fingerprint density at radius 2 is 1.86 bits per heavy atom. The number of aromatic nitrogens is 1. The first-order valence-electron chi connectivity index (χ1n) is 11.6. The molecular formula is C26H32N4O5. The molecule has 1 aliphatic rings. The third kappa shape index (κ3) is 7.56. The van der Waals surface area contributed by atoms with Crippen molar-refractivity contribution in [3.63, 3.8) is 0 Å². The average Bonchev–Trinajstić information content (AvgIpc) is 2.85. The number of nitrogens with zero attached hydrogens (tertiary/aromatic N) is 3. The molecule has 3 amide bonds. The highest BCUT2D eigenvalue weighted by atomic mass is 16.6. The molecule has 0 fully saturated rings. The highest BCUT2D eigenvalue weighted by Gasteiger charge is 2.24. The van der Waals surface area contributed by atoms with Gasteiger partial charge in [-0.2, -0.15) is 0 Å². The van der Waals surface area contributed by atoms with E-state index in [1.54, 1.807) is 50.9 Å². The fraction of sp³-hybridized carbons (Fsp3) is 0.385. The highest BCUT2D eigenvalue weighted by Crippen LogP contribution is 2.22. The van der Waals surface area contributed by atoms with E-state index in [1.165, 1.54) is 0 Å². The van der Waals surface area contributed by atoms with Crippen LogP contribution < -0.4 is 5.43 Å². The molecule has 0 radical (unpaired) electrons. The van der Waals surface area contributed by atoms with Crippen LogP contribution in [-0.2, 0) is 16.1 Å². The Kier molecular flexibility index (Phi) is 8.46. The number of nitrogens with one attached hydrogen (secondary N) is 1. The maximum absolute atomic E-state index is 12.6. The van der Waals surface area contributed by atoms with Crippen molar-refractivity contribution in [1.82, 2.24) is 20.3 Å². The zero-order valence-corrected chi connectivity index (χ0v) is 20.6. The standard InChI is InChI=1S/C26H32N4O5/c1-5-30(25(33)35-26(2,3)4)28-23(31)22-12-11-21(17-27-22)20-13-15-29(16-14-20)24(32)34-18-19-9-7-6-8-10-19/h6-13,17H,5,14-16,18H2,1-4H3,(H,28,31). The number of hydrazine groups is 1. The summed E-state index contributed by atoms with van der Waals surface area (Å²) in [6.07, 6.45) is 3.25. The van der Waals surface area contributed by atoms with E-state index in [0.717, 1.165) is 21.7 Å². The van der Waals surface area contributed by atoms with Gasteiger partial charge in [0, 0.05) is 25.8 Å². The molecule has 186 valence electrons. The lowest BCUT2D eigenvalue weighted by molar-refractivity contribution is 0.0145. The number of rotatable bonds is 5. The molecule has 0 bridgehead atoms. The SMILES string of the molecule is CCN(NC(=O)c1ccc(C2=CCN(C(=O)OCc3ccccc3)CC2)cn1)C(=O)OC(C)(C)C. The molecule has 1 aromatic heterocycles. The summed E-state index contributed by atoms with van der Waals surface area (Å²) in [6, 6.07) is 13.0. The summed E-state index contributed by atoms with van der Waals surface area (Å²) >= 11 is 0. The third-order valence-electron chi connectivity index (χ3n) is 5.21. The van der Waals surface area contributed by atoms with Crippen LogP contribution in [0, 0.1) is 0 Å².